The van der Waals surface area contributed by atoms with Crippen molar-refractivity contribution < 1.29 is 24.2 Å². The fourth-order valence-electron chi connectivity index (χ4n) is 2.00. The second kappa shape index (κ2) is 7.06. The van der Waals surface area contributed by atoms with E-state index in [1.807, 2.05) is 30.3 Å². The number of hydrogen-bond donors (Lipinski definition) is 2. The quantitative estimate of drug-likeness (QED) is 0.820. The third-order valence-electron chi connectivity index (χ3n) is 3.05. The third-order valence-corrected chi connectivity index (χ3v) is 4.24. The molecule has 0 atom stereocenters. The van der Waals surface area contributed by atoms with Gasteiger partial charge in [-0.3, -0.25) is 4.79 Å². The van der Waals surface area contributed by atoms with Crippen molar-refractivity contribution in [3.05, 3.63) is 51.9 Å². The molecule has 23 heavy (non-hydrogen) atoms. The molecule has 2 aromatic rings. The predicted molar refractivity (Wildman–Crippen MR) is 85.9 cm³/mol. The van der Waals surface area contributed by atoms with Gasteiger partial charge in [0.05, 0.1) is 5.56 Å². The smallest absolute Gasteiger partial charge is 0.349 e. The number of ether oxygens (including phenoxy) is 1. The molecule has 1 aromatic carbocycles. The standard InChI is InChI=1S/C16H15NO5S/c1-9-12(15(19)20)14(17-10(2)18)23-13(9)16(21)22-8-11-6-4-3-5-7-11/h3-7H,8H2,1-2H3,(H,17,18)(H,19,20). The van der Waals surface area contributed by atoms with E-state index in [1.165, 1.54) is 13.8 Å². The summed E-state index contributed by atoms with van der Waals surface area (Å²) in [4.78, 5) is 34.9. The second-order valence-corrected chi connectivity index (χ2v) is 5.83. The molecule has 0 radical (unpaired) electrons. The summed E-state index contributed by atoms with van der Waals surface area (Å²) in [5, 5.41) is 11.8. The first kappa shape index (κ1) is 16.7. The molecule has 0 unspecified atom stereocenters. The molecular formula is C16H15NO5S. The van der Waals surface area contributed by atoms with Gasteiger partial charge >= 0.3 is 11.9 Å². The van der Waals surface area contributed by atoms with E-state index in [2.05, 4.69) is 5.32 Å². The lowest BCUT2D eigenvalue weighted by atomic mass is 10.1. The number of anilines is 1. The van der Waals surface area contributed by atoms with Crippen LogP contribution in [0.3, 0.4) is 0 Å². The molecule has 0 saturated carbocycles. The van der Waals surface area contributed by atoms with E-state index in [4.69, 9.17) is 4.74 Å². The fourth-order valence-corrected chi connectivity index (χ4v) is 3.14. The Morgan fingerprint density at radius 1 is 1.22 bits per heavy atom. The maximum Gasteiger partial charge on any atom is 0.349 e. The van der Waals surface area contributed by atoms with Gasteiger partial charge in [-0.2, -0.15) is 0 Å². The molecule has 0 fully saturated rings. The van der Waals surface area contributed by atoms with Crippen LogP contribution in [0.15, 0.2) is 30.3 Å². The summed E-state index contributed by atoms with van der Waals surface area (Å²) >= 11 is 0.899. The van der Waals surface area contributed by atoms with Gasteiger partial charge in [-0.05, 0) is 18.1 Å². The zero-order valence-corrected chi connectivity index (χ0v) is 13.4. The van der Waals surface area contributed by atoms with Crippen molar-refractivity contribution in [2.45, 2.75) is 20.5 Å². The van der Waals surface area contributed by atoms with E-state index in [1.54, 1.807) is 0 Å². The summed E-state index contributed by atoms with van der Waals surface area (Å²) in [6.45, 7) is 2.88. The predicted octanol–water partition coefficient (Wildman–Crippen LogP) is 3.07. The molecule has 1 aromatic heterocycles. The number of thiophene rings is 1. The van der Waals surface area contributed by atoms with E-state index >= 15 is 0 Å². The highest BCUT2D eigenvalue weighted by Crippen LogP contribution is 2.33. The number of aromatic carboxylic acids is 1. The van der Waals surface area contributed by atoms with Gasteiger partial charge in [0.1, 0.15) is 16.5 Å². The maximum atomic E-state index is 12.2. The number of carboxylic acid groups (broad SMARTS) is 1. The second-order valence-electron chi connectivity index (χ2n) is 4.81. The largest absolute Gasteiger partial charge is 0.478 e. The lowest BCUT2D eigenvalue weighted by Crippen LogP contribution is -2.09. The highest BCUT2D eigenvalue weighted by atomic mass is 32.1. The maximum absolute atomic E-state index is 12.2. The van der Waals surface area contributed by atoms with Gasteiger partial charge in [0.25, 0.3) is 0 Å². The van der Waals surface area contributed by atoms with Gasteiger partial charge in [0.15, 0.2) is 0 Å². The molecule has 0 aliphatic carbocycles. The topological polar surface area (TPSA) is 92.7 Å². The van der Waals surface area contributed by atoms with Crippen LogP contribution in [0.2, 0.25) is 0 Å². The first-order valence-corrected chi connectivity index (χ1v) is 7.57. The Morgan fingerprint density at radius 2 is 1.87 bits per heavy atom. The summed E-state index contributed by atoms with van der Waals surface area (Å²) in [6, 6.07) is 9.15. The van der Waals surface area contributed by atoms with Gasteiger partial charge in [-0.15, -0.1) is 11.3 Å². The first-order valence-electron chi connectivity index (χ1n) is 6.75. The average Bonchev–Trinajstić information content (AvgIpc) is 2.81. The van der Waals surface area contributed by atoms with Crippen molar-refractivity contribution >= 4 is 34.2 Å². The molecule has 0 spiro atoms. The first-order chi connectivity index (χ1) is 10.9. The SMILES string of the molecule is CC(=O)Nc1sc(C(=O)OCc2ccccc2)c(C)c1C(=O)O. The molecular weight excluding hydrogens is 318 g/mol. The van der Waals surface area contributed by atoms with Crippen molar-refractivity contribution in [3.63, 3.8) is 0 Å². The Balaban J connectivity index is 2.23. The number of rotatable bonds is 5. The Hall–Kier alpha value is -2.67. The molecule has 0 bridgehead atoms. The summed E-state index contributed by atoms with van der Waals surface area (Å²) < 4.78 is 5.21. The van der Waals surface area contributed by atoms with Crippen LogP contribution in [0, 0.1) is 6.92 Å². The monoisotopic (exact) mass is 333 g/mol. The van der Waals surface area contributed by atoms with Crippen LogP contribution < -0.4 is 5.32 Å². The minimum absolute atomic E-state index is 0.0862. The van der Waals surface area contributed by atoms with Crippen molar-refractivity contribution in [1.82, 2.24) is 0 Å². The normalized spacial score (nSPS) is 10.2. The van der Waals surface area contributed by atoms with Crippen molar-refractivity contribution in [2.75, 3.05) is 5.32 Å². The van der Waals surface area contributed by atoms with Crippen LogP contribution >= 0.6 is 11.3 Å². The van der Waals surface area contributed by atoms with Crippen LogP contribution in [-0.4, -0.2) is 23.0 Å². The molecule has 1 amide bonds. The Morgan fingerprint density at radius 3 is 2.43 bits per heavy atom. The molecule has 7 heteroatoms. The van der Waals surface area contributed by atoms with Gasteiger partial charge in [0, 0.05) is 6.92 Å². The van der Waals surface area contributed by atoms with Gasteiger partial charge < -0.3 is 15.2 Å². The van der Waals surface area contributed by atoms with Crippen LogP contribution in [0.5, 0.6) is 0 Å². The summed E-state index contributed by atoms with van der Waals surface area (Å²) in [7, 11) is 0. The van der Waals surface area contributed by atoms with Crippen molar-refractivity contribution in [2.24, 2.45) is 0 Å². The molecule has 2 N–H and O–H groups in total. The number of carbonyl (C=O) groups excluding carboxylic acids is 2. The molecule has 1 heterocycles. The number of carbonyl (C=O) groups is 3. The average molecular weight is 333 g/mol. The summed E-state index contributed by atoms with van der Waals surface area (Å²) in [5.74, 6) is -2.22. The fraction of sp³-hybridized carbons (Fsp3) is 0.188. The number of hydrogen-bond acceptors (Lipinski definition) is 5. The number of esters is 1. The summed E-state index contributed by atoms with van der Waals surface area (Å²) in [6.07, 6.45) is 0. The highest BCUT2D eigenvalue weighted by molar-refractivity contribution is 7.18. The van der Waals surface area contributed by atoms with E-state index in [0.717, 1.165) is 16.9 Å². The molecule has 120 valence electrons. The highest BCUT2D eigenvalue weighted by Gasteiger charge is 2.25. The van der Waals surface area contributed by atoms with Gasteiger partial charge in [0.2, 0.25) is 5.91 Å². The van der Waals surface area contributed by atoms with Crippen molar-refractivity contribution in [1.29, 1.82) is 0 Å². The van der Waals surface area contributed by atoms with Crippen LogP contribution in [-0.2, 0) is 16.1 Å². The van der Waals surface area contributed by atoms with Crippen LogP contribution in [0.25, 0.3) is 0 Å². The molecule has 0 aliphatic rings. The number of carboxylic acids is 1. The molecule has 0 aliphatic heterocycles. The van der Waals surface area contributed by atoms with E-state index in [0.29, 0.717) is 0 Å². The zero-order valence-electron chi connectivity index (χ0n) is 12.6. The summed E-state index contributed by atoms with van der Waals surface area (Å²) in [5.41, 5.74) is 1.02. The van der Waals surface area contributed by atoms with Crippen LogP contribution in [0.1, 0.15) is 38.1 Å². The van der Waals surface area contributed by atoms with Gasteiger partial charge in [-0.25, -0.2) is 9.59 Å². The van der Waals surface area contributed by atoms with E-state index < -0.39 is 17.8 Å². The molecule has 6 nitrogen and oxygen atoms in total. The number of benzene rings is 1. The Labute approximate surface area is 136 Å². The van der Waals surface area contributed by atoms with Crippen molar-refractivity contribution in [3.8, 4) is 0 Å². The minimum Gasteiger partial charge on any atom is -0.478 e. The molecule has 2 rings (SSSR count). The molecule has 0 saturated heterocycles. The number of nitrogens with one attached hydrogen (secondary N) is 1. The van der Waals surface area contributed by atoms with Gasteiger partial charge in [-0.1, -0.05) is 30.3 Å². The Kier molecular flexibility index (Phi) is 5.13. The lowest BCUT2D eigenvalue weighted by molar-refractivity contribution is -0.114. The zero-order chi connectivity index (χ0) is 17.0. The third kappa shape index (κ3) is 3.95. The Bertz CT molecular complexity index is 751. The van der Waals surface area contributed by atoms with Crippen LogP contribution in [0.4, 0.5) is 5.00 Å². The lowest BCUT2D eigenvalue weighted by Gasteiger charge is -2.04. The van der Waals surface area contributed by atoms with E-state index in [-0.39, 0.29) is 27.6 Å². The number of amides is 1. The minimum atomic E-state index is -1.20. The van der Waals surface area contributed by atoms with E-state index in [9.17, 15) is 19.5 Å².